The Morgan fingerprint density at radius 3 is 2.80 bits per heavy atom. The summed E-state index contributed by atoms with van der Waals surface area (Å²) in [6.45, 7) is 3.80. The summed E-state index contributed by atoms with van der Waals surface area (Å²) < 4.78 is 0. The molecule has 1 aliphatic rings. The average molecular weight is 271 g/mol. The molecule has 1 fully saturated rings. The number of carbonyl (C=O) groups is 2. The van der Waals surface area contributed by atoms with Crippen LogP contribution < -0.4 is 5.32 Å². The monoisotopic (exact) mass is 271 g/mol. The first-order valence-corrected chi connectivity index (χ1v) is 6.70. The number of hydrogen-bond donors (Lipinski definition) is 1. The molecule has 0 spiro atoms. The minimum atomic E-state index is -0.578. The highest BCUT2D eigenvalue weighted by atomic mass is 16.2. The molecule has 1 heterocycles. The van der Waals surface area contributed by atoms with E-state index in [-0.39, 0.29) is 24.3 Å². The zero-order valence-corrected chi connectivity index (χ0v) is 11.6. The van der Waals surface area contributed by atoms with Crippen LogP contribution in [0.3, 0.4) is 0 Å². The number of carbonyl (C=O) groups excluding carboxylic acids is 2. The molecule has 20 heavy (non-hydrogen) atoms. The summed E-state index contributed by atoms with van der Waals surface area (Å²) in [5.41, 5.74) is 1.06. The van der Waals surface area contributed by atoms with E-state index in [9.17, 15) is 9.59 Å². The standard InChI is InChI=1S/C15H17N3O2/c1-3-10(2)18-14(19)8-13(15(18)20)17-12-7-5-4-6-11(12)9-16/h4-7,10,13,17H,3,8H2,1-2H3. The lowest BCUT2D eigenvalue weighted by atomic mass is 10.1. The number of para-hydroxylation sites is 1. The molecule has 2 unspecified atom stereocenters. The summed E-state index contributed by atoms with van der Waals surface area (Å²) in [7, 11) is 0. The maximum absolute atomic E-state index is 12.3. The van der Waals surface area contributed by atoms with E-state index in [4.69, 9.17) is 5.26 Å². The van der Waals surface area contributed by atoms with Gasteiger partial charge in [0.05, 0.1) is 17.7 Å². The highest BCUT2D eigenvalue weighted by Gasteiger charge is 2.40. The Bertz CT molecular complexity index is 577. The predicted octanol–water partition coefficient (Wildman–Crippen LogP) is 1.90. The second-order valence-electron chi connectivity index (χ2n) is 4.92. The van der Waals surface area contributed by atoms with Crippen molar-refractivity contribution < 1.29 is 9.59 Å². The smallest absolute Gasteiger partial charge is 0.252 e. The van der Waals surface area contributed by atoms with Gasteiger partial charge in [0, 0.05) is 6.04 Å². The van der Waals surface area contributed by atoms with Gasteiger partial charge >= 0.3 is 0 Å². The molecule has 5 heteroatoms. The number of benzene rings is 1. The van der Waals surface area contributed by atoms with E-state index in [0.29, 0.717) is 11.3 Å². The predicted molar refractivity (Wildman–Crippen MR) is 74.8 cm³/mol. The summed E-state index contributed by atoms with van der Waals surface area (Å²) >= 11 is 0. The number of amides is 2. The molecule has 2 amide bonds. The Morgan fingerprint density at radius 2 is 2.15 bits per heavy atom. The fourth-order valence-corrected chi connectivity index (χ4v) is 2.30. The summed E-state index contributed by atoms with van der Waals surface area (Å²) in [5.74, 6) is -0.367. The number of imide groups is 1. The number of anilines is 1. The van der Waals surface area contributed by atoms with Crippen molar-refractivity contribution in [1.82, 2.24) is 4.90 Å². The van der Waals surface area contributed by atoms with Gasteiger partial charge in [-0.05, 0) is 25.5 Å². The number of nitriles is 1. The first kappa shape index (κ1) is 14.1. The van der Waals surface area contributed by atoms with E-state index in [0.717, 1.165) is 6.42 Å². The Balaban J connectivity index is 2.18. The number of hydrogen-bond acceptors (Lipinski definition) is 4. The molecular weight excluding hydrogens is 254 g/mol. The third-order valence-electron chi connectivity index (χ3n) is 3.59. The minimum absolute atomic E-state index is 0.0898. The van der Waals surface area contributed by atoms with E-state index in [2.05, 4.69) is 11.4 Å². The summed E-state index contributed by atoms with van der Waals surface area (Å²) in [4.78, 5) is 25.5. The Morgan fingerprint density at radius 1 is 1.45 bits per heavy atom. The van der Waals surface area contributed by atoms with Crippen LogP contribution in [-0.4, -0.2) is 28.8 Å². The van der Waals surface area contributed by atoms with Crippen LogP contribution >= 0.6 is 0 Å². The van der Waals surface area contributed by atoms with E-state index >= 15 is 0 Å². The molecule has 1 aromatic rings. The van der Waals surface area contributed by atoms with Gasteiger partial charge in [0.15, 0.2) is 0 Å². The van der Waals surface area contributed by atoms with Gasteiger partial charge in [-0.15, -0.1) is 0 Å². The normalized spacial score (nSPS) is 19.9. The molecule has 1 aliphatic heterocycles. The van der Waals surface area contributed by atoms with Crippen LogP contribution in [0.25, 0.3) is 0 Å². The van der Waals surface area contributed by atoms with Gasteiger partial charge in [0.1, 0.15) is 12.1 Å². The van der Waals surface area contributed by atoms with Crippen molar-refractivity contribution in [3.05, 3.63) is 29.8 Å². The molecule has 0 radical (unpaired) electrons. The number of rotatable bonds is 4. The van der Waals surface area contributed by atoms with Crippen LogP contribution in [0, 0.1) is 11.3 Å². The second-order valence-corrected chi connectivity index (χ2v) is 4.92. The minimum Gasteiger partial charge on any atom is -0.372 e. The molecule has 1 aromatic carbocycles. The van der Waals surface area contributed by atoms with Crippen LogP contribution in [0.4, 0.5) is 5.69 Å². The molecule has 0 aliphatic carbocycles. The number of nitrogens with zero attached hydrogens (tertiary/aromatic N) is 2. The zero-order chi connectivity index (χ0) is 14.7. The Hall–Kier alpha value is -2.35. The van der Waals surface area contributed by atoms with Crippen molar-refractivity contribution >= 4 is 17.5 Å². The van der Waals surface area contributed by atoms with Crippen molar-refractivity contribution in [2.45, 2.75) is 38.8 Å². The number of nitrogens with one attached hydrogen (secondary N) is 1. The zero-order valence-electron chi connectivity index (χ0n) is 11.6. The van der Waals surface area contributed by atoms with Crippen molar-refractivity contribution in [2.75, 3.05) is 5.32 Å². The fraction of sp³-hybridized carbons (Fsp3) is 0.400. The summed E-state index contributed by atoms with van der Waals surface area (Å²) in [6, 6.07) is 8.37. The Kier molecular flexibility index (Phi) is 4.04. The van der Waals surface area contributed by atoms with Gasteiger partial charge in [-0.2, -0.15) is 5.26 Å². The topological polar surface area (TPSA) is 73.2 Å². The van der Waals surface area contributed by atoms with Gasteiger partial charge in [0.2, 0.25) is 5.91 Å². The third kappa shape index (κ3) is 2.50. The van der Waals surface area contributed by atoms with Gasteiger partial charge in [-0.3, -0.25) is 14.5 Å². The maximum Gasteiger partial charge on any atom is 0.252 e. The third-order valence-corrected chi connectivity index (χ3v) is 3.59. The SMILES string of the molecule is CCC(C)N1C(=O)CC(Nc2ccccc2C#N)C1=O. The molecule has 104 valence electrons. The summed E-state index contributed by atoms with van der Waals surface area (Å²) in [6.07, 6.45) is 0.877. The molecule has 0 bridgehead atoms. The van der Waals surface area contributed by atoms with Crippen molar-refractivity contribution in [2.24, 2.45) is 0 Å². The first-order valence-electron chi connectivity index (χ1n) is 6.70. The van der Waals surface area contributed by atoms with Crippen molar-refractivity contribution in [1.29, 1.82) is 5.26 Å². The van der Waals surface area contributed by atoms with Gasteiger partial charge < -0.3 is 5.32 Å². The molecule has 5 nitrogen and oxygen atoms in total. The van der Waals surface area contributed by atoms with Gasteiger partial charge in [0.25, 0.3) is 5.91 Å². The van der Waals surface area contributed by atoms with Crippen LogP contribution in [0.1, 0.15) is 32.3 Å². The highest BCUT2D eigenvalue weighted by Crippen LogP contribution is 2.23. The molecule has 0 aromatic heterocycles. The van der Waals surface area contributed by atoms with Crippen LogP contribution in [0.15, 0.2) is 24.3 Å². The second kappa shape index (κ2) is 5.74. The van der Waals surface area contributed by atoms with Crippen LogP contribution in [0.2, 0.25) is 0 Å². The lowest BCUT2D eigenvalue weighted by Crippen LogP contribution is -2.40. The van der Waals surface area contributed by atoms with Gasteiger partial charge in [-0.25, -0.2) is 0 Å². The Labute approximate surface area is 118 Å². The molecule has 1 saturated heterocycles. The average Bonchev–Trinajstić information content (AvgIpc) is 2.73. The molecule has 0 saturated carbocycles. The quantitative estimate of drug-likeness (QED) is 0.849. The lowest BCUT2D eigenvalue weighted by Gasteiger charge is -2.22. The number of likely N-dealkylation sites (tertiary alicyclic amines) is 1. The van der Waals surface area contributed by atoms with E-state index < -0.39 is 6.04 Å². The molecular formula is C15H17N3O2. The van der Waals surface area contributed by atoms with E-state index in [1.165, 1.54) is 4.90 Å². The van der Waals surface area contributed by atoms with E-state index in [1.807, 2.05) is 13.8 Å². The maximum atomic E-state index is 12.3. The largest absolute Gasteiger partial charge is 0.372 e. The first-order chi connectivity index (χ1) is 9.58. The molecule has 1 N–H and O–H groups in total. The fourth-order valence-electron chi connectivity index (χ4n) is 2.30. The molecule has 2 atom stereocenters. The highest BCUT2D eigenvalue weighted by molar-refractivity contribution is 6.07. The van der Waals surface area contributed by atoms with Crippen molar-refractivity contribution in [3.63, 3.8) is 0 Å². The van der Waals surface area contributed by atoms with Crippen LogP contribution in [0.5, 0.6) is 0 Å². The molecule has 2 rings (SSSR count). The van der Waals surface area contributed by atoms with Crippen LogP contribution in [-0.2, 0) is 9.59 Å². The van der Waals surface area contributed by atoms with Crippen molar-refractivity contribution in [3.8, 4) is 6.07 Å². The van der Waals surface area contributed by atoms with E-state index in [1.54, 1.807) is 24.3 Å². The lowest BCUT2D eigenvalue weighted by molar-refractivity contribution is -0.140. The van der Waals surface area contributed by atoms with Gasteiger partial charge in [-0.1, -0.05) is 19.1 Å². The summed E-state index contributed by atoms with van der Waals surface area (Å²) in [5, 5.41) is 12.1.